The second kappa shape index (κ2) is 5.93. The van der Waals surface area contributed by atoms with Crippen molar-refractivity contribution < 1.29 is 4.74 Å². The minimum atomic E-state index is 0.213. The second-order valence-electron chi connectivity index (χ2n) is 4.36. The van der Waals surface area contributed by atoms with Crippen LogP contribution in [0.4, 0.5) is 5.82 Å². The number of nitrogens with two attached hydrogens (primary N) is 1. The van der Waals surface area contributed by atoms with Gasteiger partial charge in [-0.3, -0.25) is 0 Å². The third kappa shape index (κ3) is 3.20. The minimum Gasteiger partial charge on any atom is -0.424 e. The molecule has 0 spiro atoms. The number of aromatic nitrogens is 2. The van der Waals surface area contributed by atoms with Crippen molar-refractivity contribution in [2.45, 2.75) is 0 Å². The van der Waals surface area contributed by atoms with Crippen molar-refractivity contribution in [3.63, 3.8) is 0 Å². The molecular weight excluding hydrogens is 330 g/mol. The Balaban J connectivity index is 2.00. The molecule has 0 radical (unpaired) electrons. The number of hydrogen-bond donors (Lipinski definition) is 1. The Bertz CT molecular complexity index is 742. The van der Waals surface area contributed by atoms with E-state index >= 15 is 0 Å². The van der Waals surface area contributed by atoms with E-state index in [1.165, 1.54) is 0 Å². The average molecular weight is 342 g/mol. The molecule has 0 saturated heterocycles. The van der Waals surface area contributed by atoms with E-state index < -0.39 is 0 Å². The van der Waals surface area contributed by atoms with Crippen LogP contribution in [0.3, 0.4) is 0 Å². The van der Waals surface area contributed by atoms with Gasteiger partial charge in [0.05, 0.1) is 0 Å². The lowest BCUT2D eigenvalue weighted by atomic mass is 10.1. The quantitative estimate of drug-likeness (QED) is 0.722. The minimum absolute atomic E-state index is 0.213. The molecule has 21 heavy (non-hydrogen) atoms. The van der Waals surface area contributed by atoms with Gasteiger partial charge in [0.15, 0.2) is 0 Å². The number of para-hydroxylation sites is 1. The van der Waals surface area contributed by atoms with Crippen molar-refractivity contribution in [3.8, 4) is 22.9 Å². The molecule has 104 valence electrons. The number of hydrogen-bond acceptors (Lipinski definition) is 4. The molecule has 0 bridgehead atoms. The van der Waals surface area contributed by atoms with Gasteiger partial charge in [0.2, 0.25) is 0 Å². The number of anilines is 1. The van der Waals surface area contributed by atoms with Crippen LogP contribution < -0.4 is 10.5 Å². The topological polar surface area (TPSA) is 61.0 Å². The third-order valence-electron chi connectivity index (χ3n) is 2.87. The van der Waals surface area contributed by atoms with Crippen molar-refractivity contribution in [2.24, 2.45) is 0 Å². The van der Waals surface area contributed by atoms with E-state index in [4.69, 9.17) is 10.5 Å². The van der Waals surface area contributed by atoms with Crippen LogP contribution in [0.5, 0.6) is 11.8 Å². The zero-order valence-electron chi connectivity index (χ0n) is 11.0. The van der Waals surface area contributed by atoms with Gasteiger partial charge in [-0.05, 0) is 27.6 Å². The lowest BCUT2D eigenvalue weighted by Gasteiger charge is -2.10. The first-order chi connectivity index (χ1) is 10.2. The maximum Gasteiger partial charge on any atom is 0.325 e. The molecule has 5 heteroatoms. The molecule has 0 aliphatic rings. The SMILES string of the molecule is Nc1cc(Br)nc(Oc2ccccc2-c2ccccc2)n1. The molecule has 1 heterocycles. The normalized spacial score (nSPS) is 10.3. The van der Waals surface area contributed by atoms with Gasteiger partial charge in [-0.15, -0.1) is 0 Å². The first-order valence-corrected chi connectivity index (χ1v) is 7.14. The number of ether oxygens (including phenoxy) is 1. The van der Waals surface area contributed by atoms with Crippen LogP contribution in [-0.2, 0) is 0 Å². The molecule has 0 fully saturated rings. The Hall–Kier alpha value is -2.40. The molecule has 3 aromatic rings. The Labute approximate surface area is 130 Å². The van der Waals surface area contributed by atoms with Crippen LogP contribution >= 0.6 is 15.9 Å². The summed E-state index contributed by atoms with van der Waals surface area (Å²) in [6.07, 6.45) is 0. The Morgan fingerprint density at radius 2 is 1.62 bits per heavy atom. The summed E-state index contributed by atoms with van der Waals surface area (Å²) in [5, 5.41) is 0. The molecule has 0 aliphatic carbocycles. The lowest BCUT2D eigenvalue weighted by Crippen LogP contribution is -1.97. The van der Waals surface area contributed by atoms with Gasteiger partial charge in [0.1, 0.15) is 16.2 Å². The summed E-state index contributed by atoms with van der Waals surface area (Å²) in [6, 6.07) is 19.6. The fourth-order valence-corrected chi connectivity index (χ4v) is 2.36. The molecule has 0 saturated carbocycles. The number of nitrogens with zero attached hydrogens (tertiary/aromatic N) is 2. The van der Waals surface area contributed by atoms with E-state index in [0.717, 1.165) is 11.1 Å². The van der Waals surface area contributed by atoms with E-state index in [1.54, 1.807) is 6.07 Å². The van der Waals surface area contributed by atoms with Crippen molar-refractivity contribution in [1.29, 1.82) is 0 Å². The van der Waals surface area contributed by atoms with Gasteiger partial charge in [-0.2, -0.15) is 9.97 Å². The molecule has 0 amide bonds. The molecule has 0 atom stereocenters. The molecule has 0 aliphatic heterocycles. The molecule has 2 aromatic carbocycles. The number of nitrogen functional groups attached to an aromatic ring is 1. The highest BCUT2D eigenvalue weighted by atomic mass is 79.9. The van der Waals surface area contributed by atoms with Crippen LogP contribution in [0.25, 0.3) is 11.1 Å². The van der Waals surface area contributed by atoms with Crippen LogP contribution in [0.2, 0.25) is 0 Å². The summed E-state index contributed by atoms with van der Waals surface area (Å²) in [7, 11) is 0. The van der Waals surface area contributed by atoms with Crippen molar-refractivity contribution in [3.05, 3.63) is 65.3 Å². The van der Waals surface area contributed by atoms with Gasteiger partial charge in [-0.1, -0.05) is 48.5 Å². The predicted octanol–water partition coefficient (Wildman–Crippen LogP) is 4.28. The summed E-state index contributed by atoms with van der Waals surface area (Å²) in [4.78, 5) is 8.25. The maximum atomic E-state index is 5.79. The predicted molar refractivity (Wildman–Crippen MR) is 86.1 cm³/mol. The van der Waals surface area contributed by atoms with E-state index in [9.17, 15) is 0 Å². The third-order valence-corrected chi connectivity index (χ3v) is 3.27. The highest BCUT2D eigenvalue weighted by molar-refractivity contribution is 9.10. The largest absolute Gasteiger partial charge is 0.424 e. The van der Waals surface area contributed by atoms with Crippen LogP contribution in [0.1, 0.15) is 0 Å². The number of halogens is 1. The summed E-state index contributed by atoms with van der Waals surface area (Å²) in [6.45, 7) is 0. The van der Waals surface area contributed by atoms with Gasteiger partial charge in [-0.25, -0.2) is 0 Å². The molecule has 0 unspecified atom stereocenters. The van der Waals surface area contributed by atoms with Crippen molar-refractivity contribution in [1.82, 2.24) is 9.97 Å². The van der Waals surface area contributed by atoms with Gasteiger partial charge < -0.3 is 10.5 Å². The lowest BCUT2D eigenvalue weighted by molar-refractivity contribution is 0.443. The maximum absolute atomic E-state index is 5.79. The first-order valence-electron chi connectivity index (χ1n) is 6.35. The summed E-state index contributed by atoms with van der Waals surface area (Å²) in [5.74, 6) is 1.03. The van der Waals surface area contributed by atoms with Gasteiger partial charge in [0, 0.05) is 11.6 Å². The molecule has 3 rings (SSSR count). The second-order valence-corrected chi connectivity index (χ2v) is 5.17. The molecule has 1 aromatic heterocycles. The number of rotatable bonds is 3. The summed E-state index contributed by atoms with van der Waals surface area (Å²) in [5.41, 5.74) is 7.74. The van der Waals surface area contributed by atoms with Crippen molar-refractivity contribution in [2.75, 3.05) is 5.73 Å². The zero-order chi connectivity index (χ0) is 14.7. The Morgan fingerprint density at radius 3 is 2.38 bits per heavy atom. The number of benzene rings is 2. The van der Waals surface area contributed by atoms with Gasteiger partial charge >= 0.3 is 6.01 Å². The highest BCUT2D eigenvalue weighted by Crippen LogP contribution is 2.32. The van der Waals surface area contributed by atoms with Crippen LogP contribution in [-0.4, -0.2) is 9.97 Å². The van der Waals surface area contributed by atoms with Crippen LogP contribution in [0, 0.1) is 0 Å². The van der Waals surface area contributed by atoms with E-state index in [1.807, 2.05) is 54.6 Å². The molecule has 4 nitrogen and oxygen atoms in total. The first kappa shape index (κ1) is 13.6. The summed E-state index contributed by atoms with van der Waals surface area (Å²) >= 11 is 3.28. The summed E-state index contributed by atoms with van der Waals surface area (Å²) < 4.78 is 6.38. The van der Waals surface area contributed by atoms with E-state index in [-0.39, 0.29) is 6.01 Å². The van der Waals surface area contributed by atoms with E-state index in [0.29, 0.717) is 16.2 Å². The van der Waals surface area contributed by atoms with Crippen LogP contribution in [0.15, 0.2) is 65.3 Å². The van der Waals surface area contributed by atoms with Crippen molar-refractivity contribution >= 4 is 21.7 Å². The highest BCUT2D eigenvalue weighted by Gasteiger charge is 2.09. The average Bonchev–Trinajstić information content (AvgIpc) is 2.48. The fourth-order valence-electron chi connectivity index (χ4n) is 1.97. The molecule has 2 N–H and O–H groups in total. The molecular formula is C16H12BrN3O. The Kier molecular flexibility index (Phi) is 3.83. The fraction of sp³-hybridized carbons (Fsp3) is 0. The Morgan fingerprint density at radius 1 is 0.905 bits per heavy atom. The standard InChI is InChI=1S/C16H12BrN3O/c17-14-10-15(18)20-16(19-14)21-13-9-5-4-8-12(13)11-6-2-1-3-7-11/h1-10H,(H2,18,19,20). The van der Waals surface area contributed by atoms with Gasteiger partial charge in [0.25, 0.3) is 0 Å². The zero-order valence-corrected chi connectivity index (χ0v) is 12.6. The van der Waals surface area contributed by atoms with E-state index in [2.05, 4.69) is 25.9 Å². The monoisotopic (exact) mass is 341 g/mol. The smallest absolute Gasteiger partial charge is 0.325 e.